The summed E-state index contributed by atoms with van der Waals surface area (Å²) in [5, 5.41) is 8.34. The van der Waals surface area contributed by atoms with Gasteiger partial charge in [0.25, 0.3) is 5.91 Å². The maximum atomic E-state index is 13.8. The van der Waals surface area contributed by atoms with E-state index in [-0.39, 0.29) is 5.69 Å². The van der Waals surface area contributed by atoms with Gasteiger partial charge in [-0.05, 0) is 35.7 Å². The molecule has 1 N–H and O–H groups in total. The molecule has 1 amide bonds. The van der Waals surface area contributed by atoms with E-state index in [2.05, 4.69) is 10.4 Å². The third-order valence-corrected chi connectivity index (χ3v) is 4.64. The molecule has 0 aliphatic heterocycles. The van der Waals surface area contributed by atoms with Gasteiger partial charge in [0, 0.05) is 16.1 Å². The van der Waals surface area contributed by atoms with Crippen molar-refractivity contribution in [2.24, 2.45) is 0 Å². The average Bonchev–Trinajstić information content (AvgIpc) is 3.15. The van der Waals surface area contributed by atoms with Crippen LogP contribution in [0.3, 0.4) is 0 Å². The van der Waals surface area contributed by atoms with E-state index in [0.29, 0.717) is 15.4 Å². The molecule has 0 atom stereocenters. The second kappa shape index (κ2) is 7.25. The first-order chi connectivity index (χ1) is 13.8. The molecular formula is C21H13ClF3N3O. The molecule has 4 rings (SSSR count). The van der Waals surface area contributed by atoms with Crippen LogP contribution in [0.25, 0.3) is 16.5 Å². The minimum absolute atomic E-state index is 0.144. The first-order valence-corrected chi connectivity index (χ1v) is 8.92. The smallest absolute Gasteiger partial charge is 0.321 e. The van der Waals surface area contributed by atoms with Gasteiger partial charge in [-0.3, -0.25) is 4.79 Å². The molecule has 29 heavy (non-hydrogen) atoms. The van der Waals surface area contributed by atoms with Crippen molar-refractivity contribution in [1.82, 2.24) is 9.78 Å². The second-order valence-corrected chi connectivity index (χ2v) is 6.71. The van der Waals surface area contributed by atoms with Crippen molar-refractivity contribution in [3.05, 3.63) is 89.2 Å². The maximum Gasteiger partial charge on any atom is 0.434 e. The Morgan fingerprint density at radius 2 is 1.66 bits per heavy atom. The van der Waals surface area contributed by atoms with Crippen LogP contribution < -0.4 is 5.32 Å². The number of nitrogens with zero attached hydrogens (tertiary/aromatic N) is 2. The number of benzene rings is 3. The fourth-order valence-corrected chi connectivity index (χ4v) is 3.22. The van der Waals surface area contributed by atoms with E-state index in [4.69, 9.17) is 11.6 Å². The highest BCUT2D eigenvalue weighted by molar-refractivity contribution is 6.30. The van der Waals surface area contributed by atoms with Gasteiger partial charge in [0.2, 0.25) is 0 Å². The molecule has 0 radical (unpaired) electrons. The Kier molecular flexibility index (Phi) is 4.76. The molecule has 0 fully saturated rings. The first-order valence-electron chi connectivity index (χ1n) is 8.55. The van der Waals surface area contributed by atoms with E-state index in [0.717, 1.165) is 17.0 Å². The SMILES string of the molecule is O=C(Nc1cccc2ccccc12)c1cnn(-c2ccc(Cl)cc2)c1C(F)(F)F. The fraction of sp³-hybridized carbons (Fsp3) is 0.0476. The summed E-state index contributed by atoms with van der Waals surface area (Å²) in [7, 11) is 0. The van der Waals surface area contributed by atoms with E-state index in [1.165, 1.54) is 24.3 Å². The van der Waals surface area contributed by atoms with Gasteiger partial charge in [0.1, 0.15) is 0 Å². The monoisotopic (exact) mass is 415 g/mol. The summed E-state index contributed by atoms with van der Waals surface area (Å²) in [5.74, 6) is -0.895. The van der Waals surface area contributed by atoms with Crippen LogP contribution in [0.4, 0.5) is 18.9 Å². The lowest BCUT2D eigenvalue weighted by Gasteiger charge is -2.13. The van der Waals surface area contributed by atoms with E-state index < -0.39 is 23.3 Å². The van der Waals surface area contributed by atoms with Crippen molar-refractivity contribution in [2.45, 2.75) is 6.18 Å². The molecular weight excluding hydrogens is 403 g/mol. The minimum Gasteiger partial charge on any atom is -0.321 e. The van der Waals surface area contributed by atoms with Crippen molar-refractivity contribution in [3.8, 4) is 5.69 Å². The standard InChI is InChI=1S/C21H13ClF3N3O/c22-14-8-10-15(11-9-14)28-19(21(23,24)25)17(12-26-28)20(29)27-18-7-3-5-13-4-1-2-6-16(13)18/h1-12H,(H,27,29). The van der Waals surface area contributed by atoms with Gasteiger partial charge >= 0.3 is 6.18 Å². The van der Waals surface area contributed by atoms with Crippen LogP contribution in [0.5, 0.6) is 0 Å². The summed E-state index contributed by atoms with van der Waals surface area (Å²) < 4.78 is 42.1. The summed E-state index contributed by atoms with van der Waals surface area (Å²) in [6, 6.07) is 18.2. The first kappa shape index (κ1) is 19.0. The van der Waals surface area contributed by atoms with Crippen LogP contribution in [0.15, 0.2) is 72.9 Å². The highest BCUT2D eigenvalue weighted by Crippen LogP contribution is 2.34. The number of halogens is 4. The number of hydrogen-bond acceptors (Lipinski definition) is 2. The van der Waals surface area contributed by atoms with E-state index in [9.17, 15) is 18.0 Å². The zero-order chi connectivity index (χ0) is 20.6. The Morgan fingerprint density at radius 3 is 2.38 bits per heavy atom. The quantitative estimate of drug-likeness (QED) is 0.449. The van der Waals surface area contributed by atoms with Gasteiger partial charge in [-0.1, -0.05) is 48.0 Å². The van der Waals surface area contributed by atoms with Crippen LogP contribution in [0.2, 0.25) is 5.02 Å². The third-order valence-electron chi connectivity index (χ3n) is 4.39. The zero-order valence-electron chi connectivity index (χ0n) is 14.7. The zero-order valence-corrected chi connectivity index (χ0v) is 15.5. The number of nitrogens with one attached hydrogen (secondary N) is 1. The van der Waals surface area contributed by atoms with Gasteiger partial charge in [0.05, 0.1) is 17.4 Å². The summed E-state index contributed by atoms with van der Waals surface area (Å²) in [6.45, 7) is 0. The molecule has 4 nitrogen and oxygen atoms in total. The summed E-state index contributed by atoms with van der Waals surface area (Å²) in [6.07, 6.45) is -3.88. The number of anilines is 1. The van der Waals surface area contributed by atoms with Gasteiger partial charge in [-0.15, -0.1) is 0 Å². The Bertz CT molecular complexity index is 1190. The third kappa shape index (κ3) is 3.69. The number of aromatic nitrogens is 2. The molecule has 0 unspecified atom stereocenters. The Hall–Kier alpha value is -3.32. The Balaban J connectivity index is 1.76. The van der Waals surface area contributed by atoms with Crippen LogP contribution in [-0.2, 0) is 6.18 Å². The number of carbonyl (C=O) groups is 1. The highest BCUT2D eigenvalue weighted by atomic mass is 35.5. The molecule has 4 aromatic rings. The number of hydrogen-bond donors (Lipinski definition) is 1. The average molecular weight is 416 g/mol. The summed E-state index contributed by atoms with van der Waals surface area (Å²) in [4.78, 5) is 12.7. The predicted octanol–water partition coefficient (Wildman–Crippen LogP) is 5.95. The number of alkyl halides is 3. The van der Waals surface area contributed by atoms with Crippen molar-refractivity contribution in [1.29, 1.82) is 0 Å². The van der Waals surface area contributed by atoms with Crippen LogP contribution in [-0.4, -0.2) is 15.7 Å². The molecule has 0 aliphatic carbocycles. The molecule has 0 bridgehead atoms. The van der Waals surface area contributed by atoms with Crippen molar-refractivity contribution < 1.29 is 18.0 Å². The largest absolute Gasteiger partial charge is 0.434 e. The highest BCUT2D eigenvalue weighted by Gasteiger charge is 2.40. The Morgan fingerprint density at radius 1 is 0.966 bits per heavy atom. The number of amides is 1. The molecule has 1 aromatic heterocycles. The molecule has 1 heterocycles. The predicted molar refractivity (Wildman–Crippen MR) is 105 cm³/mol. The van der Waals surface area contributed by atoms with Crippen molar-refractivity contribution in [3.63, 3.8) is 0 Å². The topological polar surface area (TPSA) is 46.9 Å². The van der Waals surface area contributed by atoms with Gasteiger partial charge in [-0.2, -0.15) is 18.3 Å². The van der Waals surface area contributed by atoms with Crippen molar-refractivity contribution >= 4 is 34.0 Å². The Labute approximate surface area is 168 Å². The lowest BCUT2D eigenvalue weighted by atomic mass is 10.1. The van der Waals surface area contributed by atoms with Crippen LogP contribution >= 0.6 is 11.6 Å². The molecule has 0 spiro atoms. The number of rotatable bonds is 3. The van der Waals surface area contributed by atoms with E-state index in [1.54, 1.807) is 24.3 Å². The van der Waals surface area contributed by atoms with Gasteiger partial charge < -0.3 is 5.32 Å². The van der Waals surface area contributed by atoms with Gasteiger partial charge in [0.15, 0.2) is 5.69 Å². The normalized spacial score (nSPS) is 11.6. The molecule has 0 aliphatic rings. The number of carbonyl (C=O) groups excluding carboxylic acids is 1. The summed E-state index contributed by atoms with van der Waals surface area (Å²) >= 11 is 5.81. The number of fused-ring (bicyclic) bond motifs is 1. The fourth-order valence-electron chi connectivity index (χ4n) is 3.09. The molecule has 3 aromatic carbocycles. The second-order valence-electron chi connectivity index (χ2n) is 6.27. The molecule has 0 saturated heterocycles. The minimum atomic E-state index is -4.79. The lowest BCUT2D eigenvalue weighted by Crippen LogP contribution is -2.20. The lowest BCUT2D eigenvalue weighted by molar-refractivity contribution is -0.143. The van der Waals surface area contributed by atoms with Crippen molar-refractivity contribution in [2.75, 3.05) is 5.32 Å². The van der Waals surface area contributed by atoms with Gasteiger partial charge in [-0.25, -0.2) is 4.68 Å². The molecule has 0 saturated carbocycles. The molecule has 8 heteroatoms. The van der Waals surface area contributed by atoms with E-state index in [1.807, 2.05) is 18.2 Å². The molecule has 146 valence electrons. The van der Waals surface area contributed by atoms with E-state index >= 15 is 0 Å². The van der Waals surface area contributed by atoms with Crippen LogP contribution in [0.1, 0.15) is 16.1 Å². The maximum absolute atomic E-state index is 13.8. The summed E-state index contributed by atoms with van der Waals surface area (Å²) in [5.41, 5.74) is -1.16. The van der Waals surface area contributed by atoms with Crippen LogP contribution in [0, 0.1) is 0 Å².